The molecule has 76 valence electrons. The van der Waals surface area contributed by atoms with Crippen molar-refractivity contribution in [2.75, 3.05) is 6.54 Å². The van der Waals surface area contributed by atoms with Gasteiger partial charge in [0.2, 0.25) is 0 Å². The lowest BCUT2D eigenvalue weighted by Gasteiger charge is -2.20. The van der Waals surface area contributed by atoms with E-state index in [4.69, 9.17) is 10.6 Å². The summed E-state index contributed by atoms with van der Waals surface area (Å²) in [6, 6.07) is 0. The van der Waals surface area contributed by atoms with Crippen molar-refractivity contribution in [1.29, 1.82) is 0 Å². The van der Waals surface area contributed by atoms with Gasteiger partial charge in [-0.05, 0) is 35.3 Å². The molecule has 1 heterocycles. The molecule has 0 bridgehead atoms. The predicted molar refractivity (Wildman–Crippen MR) is 57.9 cm³/mol. The Morgan fingerprint density at radius 2 is 2.46 bits per heavy atom. The summed E-state index contributed by atoms with van der Waals surface area (Å²) in [4.78, 5) is 5.32. The fraction of sp³-hybridized carbons (Fsp3) is 0.889. The molecule has 0 amide bonds. The van der Waals surface area contributed by atoms with E-state index in [9.17, 15) is 0 Å². The zero-order valence-electron chi connectivity index (χ0n) is 8.00. The molecular weight excluding hydrogens is 232 g/mol. The minimum Gasteiger partial charge on any atom is -0.391 e. The molecule has 2 atom stereocenters. The number of hydrogen-bond donors (Lipinski definition) is 1. The molecule has 3 nitrogen and oxygen atoms in total. The van der Waals surface area contributed by atoms with Crippen molar-refractivity contribution in [2.24, 2.45) is 16.8 Å². The Labute approximate surface area is 87.8 Å². The highest BCUT2D eigenvalue weighted by Crippen LogP contribution is 2.26. The van der Waals surface area contributed by atoms with Gasteiger partial charge in [-0.1, -0.05) is 18.5 Å². The number of nitrogens with zero attached hydrogens (tertiary/aromatic N) is 1. The summed E-state index contributed by atoms with van der Waals surface area (Å²) in [5, 5.41) is 3.90. The second kappa shape index (κ2) is 5.60. The van der Waals surface area contributed by atoms with Crippen molar-refractivity contribution in [2.45, 2.75) is 38.7 Å². The third-order valence-corrected chi connectivity index (χ3v) is 2.85. The van der Waals surface area contributed by atoms with Crippen LogP contribution < -0.4 is 5.73 Å². The molecule has 1 aliphatic rings. The smallest absolute Gasteiger partial charge is 0.136 e. The third-order valence-electron chi connectivity index (χ3n) is 2.38. The maximum atomic E-state index is 5.56. The van der Waals surface area contributed by atoms with Gasteiger partial charge in [0.25, 0.3) is 0 Å². The highest BCUT2D eigenvalue weighted by Gasteiger charge is 2.27. The molecule has 13 heavy (non-hydrogen) atoms. The van der Waals surface area contributed by atoms with Crippen molar-refractivity contribution in [3.63, 3.8) is 0 Å². The normalized spacial score (nSPS) is 23.9. The molecule has 0 aromatic rings. The van der Waals surface area contributed by atoms with Gasteiger partial charge in [-0.25, -0.2) is 0 Å². The van der Waals surface area contributed by atoms with E-state index in [1.54, 1.807) is 0 Å². The maximum Gasteiger partial charge on any atom is 0.136 e. The molecule has 0 radical (unpaired) electrons. The number of hydrogen-bond acceptors (Lipinski definition) is 3. The summed E-state index contributed by atoms with van der Waals surface area (Å²) in [6.07, 6.45) is 4.55. The zero-order chi connectivity index (χ0) is 9.68. The molecule has 0 saturated carbocycles. The second-order valence-electron chi connectivity index (χ2n) is 3.44. The van der Waals surface area contributed by atoms with Crippen LogP contribution in [-0.2, 0) is 4.84 Å². The van der Waals surface area contributed by atoms with Crippen LogP contribution in [0.4, 0.5) is 0 Å². The van der Waals surface area contributed by atoms with E-state index in [1.165, 1.54) is 12.8 Å². The SMILES string of the molecule is CCCC(CCN)[C@H]1CC(Br)=NO1. The minimum absolute atomic E-state index is 0.248. The molecule has 4 heteroatoms. The van der Waals surface area contributed by atoms with Gasteiger partial charge in [0.15, 0.2) is 0 Å². The van der Waals surface area contributed by atoms with Crippen LogP contribution in [0.25, 0.3) is 0 Å². The molecule has 0 aliphatic carbocycles. The summed E-state index contributed by atoms with van der Waals surface area (Å²) >= 11 is 3.34. The lowest BCUT2D eigenvalue weighted by atomic mass is 9.92. The molecule has 1 unspecified atom stereocenters. The van der Waals surface area contributed by atoms with E-state index in [0.717, 1.165) is 24.0 Å². The highest BCUT2D eigenvalue weighted by molar-refractivity contribution is 9.18. The second-order valence-corrected chi connectivity index (χ2v) is 4.36. The molecule has 0 aromatic heterocycles. The standard InChI is InChI=1S/C9H17BrN2O/c1-2-3-7(4-5-11)8-6-9(10)12-13-8/h7-8H,2-6,11H2,1H3/t7?,8-/m1/s1. The monoisotopic (exact) mass is 248 g/mol. The Morgan fingerprint density at radius 3 is 2.92 bits per heavy atom. The van der Waals surface area contributed by atoms with Crippen molar-refractivity contribution < 1.29 is 4.84 Å². The van der Waals surface area contributed by atoms with Gasteiger partial charge in [0, 0.05) is 12.3 Å². The van der Waals surface area contributed by atoms with E-state index in [-0.39, 0.29) is 6.10 Å². The van der Waals surface area contributed by atoms with Gasteiger partial charge in [-0.2, -0.15) is 0 Å². The van der Waals surface area contributed by atoms with Crippen molar-refractivity contribution >= 4 is 20.6 Å². The first-order valence-corrected chi connectivity index (χ1v) is 5.65. The minimum atomic E-state index is 0.248. The van der Waals surface area contributed by atoms with Gasteiger partial charge < -0.3 is 10.6 Å². The number of oxime groups is 1. The van der Waals surface area contributed by atoms with E-state index < -0.39 is 0 Å². The molecule has 0 fully saturated rings. The van der Waals surface area contributed by atoms with Crippen LogP contribution in [0.5, 0.6) is 0 Å². The van der Waals surface area contributed by atoms with Crippen LogP contribution >= 0.6 is 15.9 Å². The first-order valence-electron chi connectivity index (χ1n) is 4.86. The van der Waals surface area contributed by atoms with Crippen LogP contribution in [-0.4, -0.2) is 17.3 Å². The topological polar surface area (TPSA) is 47.6 Å². The van der Waals surface area contributed by atoms with Gasteiger partial charge in [-0.3, -0.25) is 0 Å². The average molecular weight is 249 g/mol. The predicted octanol–water partition coefficient (Wildman–Crippen LogP) is 2.25. The van der Waals surface area contributed by atoms with Crippen molar-refractivity contribution in [1.82, 2.24) is 0 Å². The van der Waals surface area contributed by atoms with Gasteiger partial charge in [0.1, 0.15) is 10.7 Å². The molecule has 1 aliphatic heterocycles. The highest BCUT2D eigenvalue weighted by atomic mass is 79.9. The summed E-state index contributed by atoms with van der Waals surface area (Å²) in [5.41, 5.74) is 5.56. The number of halogens is 1. The molecule has 2 N–H and O–H groups in total. The van der Waals surface area contributed by atoms with Crippen LogP contribution in [0.15, 0.2) is 5.16 Å². The fourth-order valence-corrected chi connectivity index (χ4v) is 2.12. The maximum absolute atomic E-state index is 5.56. The molecule has 1 rings (SSSR count). The third kappa shape index (κ3) is 3.27. The first-order chi connectivity index (χ1) is 6.27. The Hall–Kier alpha value is -0.0900. The van der Waals surface area contributed by atoms with Crippen LogP contribution in [0.3, 0.4) is 0 Å². The van der Waals surface area contributed by atoms with Gasteiger partial charge >= 0.3 is 0 Å². The van der Waals surface area contributed by atoms with E-state index >= 15 is 0 Å². The quantitative estimate of drug-likeness (QED) is 0.812. The van der Waals surface area contributed by atoms with Crippen molar-refractivity contribution in [3.8, 4) is 0 Å². The van der Waals surface area contributed by atoms with E-state index in [0.29, 0.717) is 5.92 Å². The van der Waals surface area contributed by atoms with Gasteiger partial charge in [0.05, 0.1) is 0 Å². The van der Waals surface area contributed by atoms with Crippen LogP contribution in [0.2, 0.25) is 0 Å². The molecule has 0 spiro atoms. The van der Waals surface area contributed by atoms with E-state index in [2.05, 4.69) is 28.0 Å². The largest absolute Gasteiger partial charge is 0.391 e. The Kier molecular flexibility index (Phi) is 4.73. The molecular formula is C9H17BrN2O. The fourth-order valence-electron chi connectivity index (χ4n) is 1.72. The Morgan fingerprint density at radius 1 is 1.69 bits per heavy atom. The summed E-state index contributed by atoms with van der Waals surface area (Å²) in [7, 11) is 0. The Bertz CT molecular complexity index is 178. The summed E-state index contributed by atoms with van der Waals surface area (Å²) < 4.78 is 0.927. The lowest BCUT2D eigenvalue weighted by Crippen LogP contribution is -2.23. The Balaban J connectivity index is 2.37. The lowest BCUT2D eigenvalue weighted by molar-refractivity contribution is 0.0346. The number of nitrogens with two attached hydrogens (primary N) is 1. The molecule has 0 saturated heterocycles. The molecule has 0 aromatic carbocycles. The van der Waals surface area contributed by atoms with Crippen LogP contribution in [0, 0.1) is 5.92 Å². The number of rotatable bonds is 5. The summed E-state index contributed by atoms with van der Waals surface area (Å²) in [6.45, 7) is 2.93. The summed E-state index contributed by atoms with van der Waals surface area (Å²) in [5.74, 6) is 0.564. The average Bonchev–Trinajstić information content (AvgIpc) is 2.51. The van der Waals surface area contributed by atoms with E-state index in [1.807, 2.05) is 0 Å². The first kappa shape index (κ1) is 11.0. The van der Waals surface area contributed by atoms with Crippen molar-refractivity contribution in [3.05, 3.63) is 0 Å². The zero-order valence-corrected chi connectivity index (χ0v) is 9.59. The van der Waals surface area contributed by atoms with Crippen LogP contribution in [0.1, 0.15) is 32.6 Å². The van der Waals surface area contributed by atoms with Gasteiger partial charge in [-0.15, -0.1) is 0 Å².